The van der Waals surface area contributed by atoms with Crippen molar-refractivity contribution >= 4 is 17.4 Å². The van der Waals surface area contributed by atoms with Gasteiger partial charge < -0.3 is 15.2 Å². The lowest BCUT2D eigenvalue weighted by Crippen LogP contribution is -2.15. The van der Waals surface area contributed by atoms with Gasteiger partial charge in [0.05, 0.1) is 12.8 Å². The summed E-state index contributed by atoms with van der Waals surface area (Å²) in [5.41, 5.74) is 1.28. The number of aromatic nitrogens is 3. The van der Waals surface area contributed by atoms with E-state index in [0.29, 0.717) is 35.6 Å². The number of nitrogens with one attached hydrogen (secondary N) is 1. The molecule has 1 atom stereocenters. The van der Waals surface area contributed by atoms with Crippen LogP contribution in [0.2, 0.25) is 0 Å². The number of benzene rings is 1. The molecule has 0 saturated carbocycles. The maximum Gasteiger partial charge on any atom is 0.343 e. The van der Waals surface area contributed by atoms with E-state index in [-0.39, 0.29) is 24.1 Å². The fraction of sp³-hybridized carbons (Fsp3) is 0.316. The van der Waals surface area contributed by atoms with E-state index in [1.54, 1.807) is 19.2 Å². The Labute approximate surface area is 155 Å². The van der Waals surface area contributed by atoms with Crippen LogP contribution < -0.4 is 5.32 Å². The van der Waals surface area contributed by atoms with Gasteiger partial charge in [-0.25, -0.2) is 18.7 Å². The van der Waals surface area contributed by atoms with Crippen LogP contribution in [0, 0.1) is 11.7 Å². The van der Waals surface area contributed by atoms with E-state index in [0.717, 1.165) is 0 Å². The molecule has 0 aliphatic heterocycles. The molecule has 1 aromatic carbocycles. The molecular weight excluding hydrogens is 351 g/mol. The van der Waals surface area contributed by atoms with Crippen LogP contribution in [0.5, 0.6) is 5.75 Å². The highest BCUT2D eigenvalue weighted by Gasteiger charge is 2.16. The number of phenols is 1. The Morgan fingerprint density at radius 2 is 2.22 bits per heavy atom. The standard InChI is InChI=1S/C19H21FN4O3/c1-3-27-19(26)15-11-22-24-7-6-17(23-18(15)24)21-10-12(2)8-13-9-14(20)4-5-16(13)25/h4-7,9,11-12,25H,3,8,10H2,1-2H3,(H,21,23)/t12-/m0/s1. The average molecular weight is 372 g/mol. The third-order valence-corrected chi connectivity index (χ3v) is 4.11. The molecule has 0 aliphatic rings. The summed E-state index contributed by atoms with van der Waals surface area (Å²) in [5, 5.41) is 17.1. The number of hydrogen-bond donors (Lipinski definition) is 2. The zero-order valence-electron chi connectivity index (χ0n) is 15.1. The van der Waals surface area contributed by atoms with Gasteiger partial charge in [0.2, 0.25) is 0 Å². The van der Waals surface area contributed by atoms with Gasteiger partial charge in [-0.3, -0.25) is 0 Å². The number of fused-ring (bicyclic) bond motifs is 1. The highest BCUT2D eigenvalue weighted by Crippen LogP contribution is 2.21. The molecule has 27 heavy (non-hydrogen) atoms. The Balaban J connectivity index is 1.68. The molecule has 2 aromatic heterocycles. The molecule has 3 rings (SSSR count). The van der Waals surface area contributed by atoms with E-state index in [4.69, 9.17) is 4.74 Å². The third kappa shape index (κ3) is 4.33. The third-order valence-electron chi connectivity index (χ3n) is 4.11. The summed E-state index contributed by atoms with van der Waals surface area (Å²) in [6.45, 7) is 4.56. The van der Waals surface area contributed by atoms with Gasteiger partial charge in [0.1, 0.15) is 22.9 Å². The number of rotatable bonds is 7. The van der Waals surface area contributed by atoms with Crippen LogP contribution in [-0.2, 0) is 11.2 Å². The fourth-order valence-electron chi connectivity index (χ4n) is 2.76. The number of esters is 1. The van der Waals surface area contributed by atoms with Crippen LogP contribution in [-0.4, -0.2) is 38.8 Å². The molecule has 0 saturated heterocycles. The number of ether oxygens (including phenoxy) is 1. The summed E-state index contributed by atoms with van der Waals surface area (Å²) in [5.74, 6) is -0.0513. The lowest BCUT2D eigenvalue weighted by molar-refractivity contribution is 0.0528. The maximum atomic E-state index is 13.3. The second kappa shape index (κ2) is 8.03. The van der Waals surface area contributed by atoms with Crippen LogP contribution >= 0.6 is 0 Å². The Morgan fingerprint density at radius 3 is 3.00 bits per heavy atom. The van der Waals surface area contributed by atoms with Gasteiger partial charge in [-0.15, -0.1) is 0 Å². The van der Waals surface area contributed by atoms with Crippen LogP contribution in [0.1, 0.15) is 29.8 Å². The Bertz CT molecular complexity index is 957. The smallest absolute Gasteiger partial charge is 0.343 e. The highest BCUT2D eigenvalue weighted by molar-refractivity contribution is 5.95. The largest absolute Gasteiger partial charge is 0.508 e. The van der Waals surface area contributed by atoms with Gasteiger partial charge in [0, 0.05) is 12.7 Å². The minimum atomic E-state index is -0.466. The fourth-order valence-corrected chi connectivity index (χ4v) is 2.76. The molecule has 0 radical (unpaired) electrons. The molecule has 0 aliphatic carbocycles. The number of carbonyl (C=O) groups excluding carboxylic acids is 1. The summed E-state index contributed by atoms with van der Waals surface area (Å²) in [6, 6.07) is 5.68. The summed E-state index contributed by atoms with van der Waals surface area (Å²) in [4.78, 5) is 16.4. The first kappa shape index (κ1) is 18.6. The van der Waals surface area contributed by atoms with Crippen molar-refractivity contribution < 1.29 is 19.0 Å². The first-order valence-electron chi connectivity index (χ1n) is 8.70. The topological polar surface area (TPSA) is 88.8 Å². The normalized spacial score (nSPS) is 12.1. The predicted octanol–water partition coefficient (Wildman–Crippen LogP) is 3.04. The van der Waals surface area contributed by atoms with Gasteiger partial charge in [0.25, 0.3) is 0 Å². The Kier molecular flexibility index (Phi) is 5.54. The van der Waals surface area contributed by atoms with Crippen molar-refractivity contribution in [1.82, 2.24) is 14.6 Å². The number of phenolic OH excluding ortho intramolecular Hbond substituents is 1. The molecule has 8 heteroatoms. The average Bonchev–Trinajstić information content (AvgIpc) is 3.06. The Hall–Kier alpha value is -3.16. The number of nitrogens with zero attached hydrogens (tertiary/aromatic N) is 3. The molecule has 0 spiro atoms. The zero-order valence-corrected chi connectivity index (χ0v) is 15.1. The van der Waals surface area contributed by atoms with Crippen LogP contribution in [0.15, 0.2) is 36.7 Å². The molecule has 2 N–H and O–H groups in total. The highest BCUT2D eigenvalue weighted by atomic mass is 19.1. The van der Waals surface area contributed by atoms with Crippen molar-refractivity contribution in [3.05, 3.63) is 53.6 Å². The van der Waals surface area contributed by atoms with E-state index >= 15 is 0 Å². The van der Waals surface area contributed by atoms with E-state index in [2.05, 4.69) is 15.4 Å². The van der Waals surface area contributed by atoms with E-state index in [1.165, 1.54) is 28.9 Å². The number of halogens is 1. The first-order valence-corrected chi connectivity index (χ1v) is 8.70. The van der Waals surface area contributed by atoms with E-state index in [9.17, 15) is 14.3 Å². The molecule has 3 aromatic rings. The van der Waals surface area contributed by atoms with Crippen molar-refractivity contribution in [2.45, 2.75) is 20.3 Å². The molecule has 142 valence electrons. The minimum absolute atomic E-state index is 0.0844. The SMILES string of the molecule is CCOC(=O)c1cnn2ccc(NC[C@@H](C)Cc3cc(F)ccc3O)nc12. The maximum absolute atomic E-state index is 13.3. The molecular formula is C19H21FN4O3. The lowest BCUT2D eigenvalue weighted by atomic mass is 10.00. The van der Waals surface area contributed by atoms with Crippen LogP contribution in [0.4, 0.5) is 10.2 Å². The molecule has 0 unspecified atom stereocenters. The van der Waals surface area contributed by atoms with Crippen molar-refractivity contribution in [2.24, 2.45) is 5.92 Å². The lowest BCUT2D eigenvalue weighted by Gasteiger charge is -2.14. The summed E-state index contributed by atoms with van der Waals surface area (Å²) < 4.78 is 19.9. The van der Waals surface area contributed by atoms with Gasteiger partial charge in [-0.05, 0) is 49.1 Å². The molecule has 0 fully saturated rings. The summed E-state index contributed by atoms with van der Waals surface area (Å²) in [7, 11) is 0. The monoisotopic (exact) mass is 372 g/mol. The van der Waals surface area contributed by atoms with Crippen molar-refractivity contribution in [3.63, 3.8) is 0 Å². The molecule has 7 nitrogen and oxygen atoms in total. The quantitative estimate of drug-likeness (QED) is 0.620. The van der Waals surface area contributed by atoms with Gasteiger partial charge >= 0.3 is 5.97 Å². The summed E-state index contributed by atoms with van der Waals surface area (Å²) >= 11 is 0. The number of aromatic hydroxyl groups is 1. The zero-order chi connectivity index (χ0) is 19.4. The van der Waals surface area contributed by atoms with E-state index in [1.807, 2.05) is 6.92 Å². The van der Waals surface area contributed by atoms with Crippen molar-refractivity contribution in [3.8, 4) is 5.75 Å². The second-order valence-corrected chi connectivity index (χ2v) is 6.32. The number of hydrogen-bond acceptors (Lipinski definition) is 6. The second-order valence-electron chi connectivity index (χ2n) is 6.32. The van der Waals surface area contributed by atoms with Crippen molar-refractivity contribution in [2.75, 3.05) is 18.5 Å². The molecule has 0 bridgehead atoms. The van der Waals surface area contributed by atoms with Crippen LogP contribution in [0.3, 0.4) is 0 Å². The van der Waals surface area contributed by atoms with Crippen LogP contribution in [0.25, 0.3) is 5.65 Å². The minimum Gasteiger partial charge on any atom is -0.508 e. The predicted molar refractivity (Wildman–Crippen MR) is 98.4 cm³/mol. The number of carbonyl (C=O) groups is 1. The summed E-state index contributed by atoms with van der Waals surface area (Å²) in [6.07, 6.45) is 3.65. The van der Waals surface area contributed by atoms with Gasteiger partial charge in [0.15, 0.2) is 5.65 Å². The number of anilines is 1. The van der Waals surface area contributed by atoms with Crippen molar-refractivity contribution in [1.29, 1.82) is 0 Å². The first-order chi connectivity index (χ1) is 13.0. The Morgan fingerprint density at radius 1 is 1.41 bits per heavy atom. The molecule has 0 amide bonds. The van der Waals surface area contributed by atoms with Gasteiger partial charge in [-0.1, -0.05) is 6.92 Å². The van der Waals surface area contributed by atoms with Gasteiger partial charge in [-0.2, -0.15) is 5.10 Å². The molecule has 2 heterocycles. The van der Waals surface area contributed by atoms with E-state index < -0.39 is 5.97 Å².